The van der Waals surface area contributed by atoms with Gasteiger partial charge < -0.3 is 4.90 Å². The third-order valence-corrected chi connectivity index (χ3v) is 2.96. The maximum atomic E-state index is 12.1. The molecule has 2 aromatic rings. The summed E-state index contributed by atoms with van der Waals surface area (Å²) in [5.74, 6) is 0. The Labute approximate surface area is 114 Å². The van der Waals surface area contributed by atoms with Crippen LogP contribution < -0.4 is 5.69 Å². The van der Waals surface area contributed by atoms with Crippen LogP contribution in [0, 0.1) is 0 Å². The summed E-state index contributed by atoms with van der Waals surface area (Å²) in [5.41, 5.74) is -0.272. The molecule has 2 rings (SSSR count). The minimum absolute atomic E-state index is 0.355. The number of amides is 1. The van der Waals surface area contributed by atoms with Crippen molar-refractivity contribution < 1.29 is 4.79 Å². The van der Waals surface area contributed by atoms with Crippen LogP contribution in [0.5, 0.6) is 0 Å². The number of benzene rings is 1. The topological polar surface area (TPSA) is 73.0 Å². The molecule has 0 saturated carbocycles. The smallest absolute Gasteiger partial charge is 0.326 e. The summed E-state index contributed by atoms with van der Waals surface area (Å²) in [6.07, 6.45) is 0. The van der Waals surface area contributed by atoms with Gasteiger partial charge in [0.1, 0.15) is 0 Å². The fraction of sp³-hybridized carbons (Fsp3) is 0.273. The van der Waals surface area contributed by atoms with E-state index < -0.39 is 11.7 Å². The Hall–Kier alpha value is -2.15. The monoisotopic (exact) mass is 281 g/mol. The number of halogens is 1. The molecule has 0 N–H and O–H groups in total. The van der Waals surface area contributed by atoms with Gasteiger partial charge in [-0.3, -0.25) is 0 Å². The highest BCUT2D eigenvalue weighted by Crippen LogP contribution is 2.16. The number of hydrogen-bond acceptors (Lipinski definition) is 4. The van der Waals surface area contributed by atoms with E-state index in [2.05, 4.69) is 10.4 Å². The molecule has 0 spiro atoms. The van der Waals surface area contributed by atoms with E-state index in [-0.39, 0.29) is 0 Å². The molecule has 100 valence electrons. The van der Waals surface area contributed by atoms with Crippen LogP contribution in [0.1, 0.15) is 6.92 Å². The molecule has 19 heavy (non-hydrogen) atoms. The van der Waals surface area contributed by atoms with Gasteiger partial charge in [-0.05, 0) is 29.5 Å². The third-order valence-electron chi connectivity index (χ3n) is 2.64. The highest BCUT2D eigenvalue weighted by atomic mass is 35.5. The number of carbonyl (C=O) groups excluding carboxylic acids is 1. The van der Waals surface area contributed by atoms with Crippen LogP contribution in [0.4, 0.5) is 4.79 Å². The van der Waals surface area contributed by atoms with E-state index in [0.29, 0.717) is 21.9 Å². The van der Waals surface area contributed by atoms with Crippen molar-refractivity contribution in [2.45, 2.75) is 6.92 Å². The molecule has 1 aromatic heterocycles. The second kappa shape index (κ2) is 5.23. The van der Waals surface area contributed by atoms with Gasteiger partial charge in [0.05, 0.1) is 10.7 Å². The minimum atomic E-state index is -0.654. The summed E-state index contributed by atoms with van der Waals surface area (Å²) >= 11 is 5.98. The van der Waals surface area contributed by atoms with Crippen molar-refractivity contribution in [1.82, 2.24) is 24.7 Å². The maximum Gasteiger partial charge on any atom is 0.377 e. The molecule has 7 nitrogen and oxygen atoms in total. The molecule has 0 fully saturated rings. The van der Waals surface area contributed by atoms with E-state index in [1.807, 2.05) is 0 Å². The van der Waals surface area contributed by atoms with Crippen LogP contribution in [0.25, 0.3) is 5.69 Å². The average Bonchev–Trinajstić information content (AvgIpc) is 2.79. The zero-order chi connectivity index (χ0) is 14.0. The van der Waals surface area contributed by atoms with E-state index in [0.717, 1.165) is 4.68 Å². The second-order valence-electron chi connectivity index (χ2n) is 3.83. The van der Waals surface area contributed by atoms with Crippen molar-refractivity contribution in [2.24, 2.45) is 0 Å². The van der Waals surface area contributed by atoms with Crippen molar-refractivity contribution in [3.8, 4) is 5.69 Å². The molecule has 0 bridgehead atoms. The van der Waals surface area contributed by atoms with Gasteiger partial charge in [0.25, 0.3) is 0 Å². The first-order valence-corrected chi connectivity index (χ1v) is 5.99. The van der Waals surface area contributed by atoms with Gasteiger partial charge in [-0.15, -0.1) is 4.68 Å². The highest BCUT2D eigenvalue weighted by molar-refractivity contribution is 6.32. The zero-order valence-corrected chi connectivity index (χ0v) is 11.2. The maximum absolute atomic E-state index is 12.1. The van der Waals surface area contributed by atoms with Crippen LogP contribution in [0.2, 0.25) is 5.02 Å². The van der Waals surface area contributed by atoms with Crippen LogP contribution in [0.3, 0.4) is 0 Å². The lowest BCUT2D eigenvalue weighted by Crippen LogP contribution is -2.38. The summed E-state index contributed by atoms with van der Waals surface area (Å²) in [5, 5.41) is 7.59. The van der Waals surface area contributed by atoms with Gasteiger partial charge in [-0.2, -0.15) is 4.68 Å². The van der Waals surface area contributed by atoms with E-state index in [1.165, 1.54) is 4.90 Å². The van der Waals surface area contributed by atoms with Crippen LogP contribution >= 0.6 is 11.6 Å². The molecule has 0 radical (unpaired) electrons. The Balaban J connectivity index is 2.48. The van der Waals surface area contributed by atoms with Crippen molar-refractivity contribution >= 4 is 17.6 Å². The van der Waals surface area contributed by atoms with Gasteiger partial charge in [-0.25, -0.2) is 9.59 Å². The first-order valence-electron chi connectivity index (χ1n) is 5.61. The minimum Gasteiger partial charge on any atom is -0.326 e. The molecular formula is C11H12ClN5O2. The van der Waals surface area contributed by atoms with Crippen molar-refractivity contribution in [3.05, 3.63) is 39.8 Å². The van der Waals surface area contributed by atoms with Gasteiger partial charge in [0.2, 0.25) is 0 Å². The number of hydrogen-bond donors (Lipinski definition) is 0. The third kappa shape index (κ3) is 2.37. The Kier molecular flexibility index (Phi) is 3.66. The molecule has 0 aliphatic carbocycles. The molecule has 8 heteroatoms. The largest absolute Gasteiger partial charge is 0.377 e. The van der Waals surface area contributed by atoms with Crippen LogP contribution in [-0.2, 0) is 0 Å². The number of para-hydroxylation sites is 1. The molecule has 0 aliphatic rings. The van der Waals surface area contributed by atoms with Crippen LogP contribution in [-0.4, -0.2) is 44.3 Å². The standard InChI is InChI=1S/C11H12ClN5O2/c1-3-15(2)10(18)17-11(19)16(13-14-17)9-7-5-4-6-8(9)12/h4-7H,3H2,1-2H3. The summed E-state index contributed by atoms with van der Waals surface area (Å²) in [4.78, 5) is 25.3. The van der Waals surface area contributed by atoms with Crippen molar-refractivity contribution in [1.29, 1.82) is 0 Å². The number of aromatic nitrogens is 4. The van der Waals surface area contributed by atoms with E-state index in [9.17, 15) is 9.59 Å². The SMILES string of the molecule is CCN(C)C(=O)n1nnn(-c2ccccc2Cl)c1=O. The van der Waals surface area contributed by atoms with E-state index >= 15 is 0 Å². The first kappa shape index (κ1) is 13.3. The fourth-order valence-electron chi connectivity index (χ4n) is 1.44. The zero-order valence-electron chi connectivity index (χ0n) is 10.4. The molecule has 0 aliphatic heterocycles. The predicted octanol–water partition coefficient (Wildman–Crippen LogP) is 1.00. The normalized spacial score (nSPS) is 10.5. The summed E-state index contributed by atoms with van der Waals surface area (Å²) in [6.45, 7) is 2.26. The fourth-order valence-corrected chi connectivity index (χ4v) is 1.65. The number of carbonyl (C=O) groups is 1. The number of rotatable bonds is 2. The lowest BCUT2D eigenvalue weighted by Gasteiger charge is -2.11. The van der Waals surface area contributed by atoms with Crippen molar-refractivity contribution in [2.75, 3.05) is 13.6 Å². The van der Waals surface area contributed by atoms with E-state index in [4.69, 9.17) is 11.6 Å². The van der Waals surface area contributed by atoms with Gasteiger partial charge in [0.15, 0.2) is 0 Å². The first-order chi connectivity index (χ1) is 9.06. The van der Waals surface area contributed by atoms with Gasteiger partial charge in [-0.1, -0.05) is 23.7 Å². The second-order valence-corrected chi connectivity index (χ2v) is 4.24. The highest BCUT2D eigenvalue weighted by Gasteiger charge is 2.18. The Morgan fingerprint density at radius 3 is 2.68 bits per heavy atom. The molecule has 1 amide bonds. The number of tetrazole rings is 1. The van der Waals surface area contributed by atoms with Crippen molar-refractivity contribution in [3.63, 3.8) is 0 Å². The lowest BCUT2D eigenvalue weighted by atomic mass is 10.3. The molecule has 0 saturated heterocycles. The Bertz CT molecular complexity index is 663. The molecule has 0 unspecified atom stereocenters. The Morgan fingerprint density at radius 2 is 2.05 bits per heavy atom. The van der Waals surface area contributed by atoms with Crippen LogP contribution in [0.15, 0.2) is 29.1 Å². The Morgan fingerprint density at radius 1 is 1.37 bits per heavy atom. The van der Waals surface area contributed by atoms with Gasteiger partial charge in [0, 0.05) is 13.6 Å². The van der Waals surface area contributed by atoms with E-state index in [1.54, 1.807) is 38.2 Å². The molecular weight excluding hydrogens is 270 g/mol. The summed E-state index contributed by atoms with van der Waals surface area (Å²) in [7, 11) is 1.57. The predicted molar refractivity (Wildman–Crippen MR) is 69.7 cm³/mol. The average molecular weight is 282 g/mol. The molecule has 1 heterocycles. The summed E-state index contributed by atoms with van der Waals surface area (Å²) < 4.78 is 1.69. The molecule has 1 aromatic carbocycles. The lowest BCUT2D eigenvalue weighted by molar-refractivity contribution is 0.208. The van der Waals surface area contributed by atoms with Gasteiger partial charge >= 0.3 is 11.7 Å². The molecule has 0 atom stereocenters. The number of nitrogens with zero attached hydrogens (tertiary/aromatic N) is 5. The quantitative estimate of drug-likeness (QED) is 0.770. The summed E-state index contributed by atoms with van der Waals surface area (Å²) in [6, 6.07) is 6.16.